The zero-order chi connectivity index (χ0) is 25.3. The number of rotatable bonds is 9. The molecule has 1 saturated heterocycles. The van der Waals surface area contributed by atoms with Crippen molar-refractivity contribution in [2.24, 2.45) is 0 Å². The summed E-state index contributed by atoms with van der Waals surface area (Å²) in [5, 5.41) is 25.4. The van der Waals surface area contributed by atoms with Gasteiger partial charge in [-0.3, -0.25) is 14.9 Å². The highest BCUT2D eigenvalue weighted by atomic mass is 32.1. The van der Waals surface area contributed by atoms with Gasteiger partial charge >= 0.3 is 11.9 Å². The van der Waals surface area contributed by atoms with Crippen molar-refractivity contribution in [3.63, 3.8) is 0 Å². The first kappa shape index (κ1) is 25.1. The zero-order valence-corrected chi connectivity index (χ0v) is 21.2. The maximum atomic E-state index is 11.7. The van der Waals surface area contributed by atoms with E-state index in [4.69, 9.17) is 19.8 Å². The molecule has 0 aliphatic carbocycles. The number of aromatic nitrogens is 2. The molecular formula is C26H31N3O5S. The molecule has 1 aliphatic heterocycles. The molecular weight excluding hydrogens is 466 g/mol. The van der Waals surface area contributed by atoms with Crippen molar-refractivity contribution in [2.45, 2.75) is 77.5 Å². The van der Waals surface area contributed by atoms with Gasteiger partial charge in [0.05, 0.1) is 11.2 Å². The van der Waals surface area contributed by atoms with Crippen molar-refractivity contribution >= 4 is 34.2 Å². The van der Waals surface area contributed by atoms with Crippen LogP contribution in [0.2, 0.25) is 0 Å². The number of carbonyl (C=O) groups is 2. The number of hydrogen-bond acceptors (Lipinski definition) is 7. The van der Waals surface area contributed by atoms with E-state index in [2.05, 4.69) is 19.2 Å². The molecule has 0 radical (unpaired) electrons. The first-order valence-corrected chi connectivity index (χ1v) is 12.8. The Bertz CT molecular complexity index is 1260. The predicted octanol–water partition coefficient (Wildman–Crippen LogP) is 4.92. The molecule has 186 valence electrons. The lowest BCUT2D eigenvalue weighted by Crippen LogP contribution is -2.38. The summed E-state index contributed by atoms with van der Waals surface area (Å²) < 4.78 is 6.51. The Kier molecular flexibility index (Phi) is 7.37. The molecule has 0 bridgehead atoms. The second-order valence-electron chi connectivity index (χ2n) is 9.48. The van der Waals surface area contributed by atoms with Gasteiger partial charge in [-0.05, 0) is 49.8 Å². The van der Waals surface area contributed by atoms with Gasteiger partial charge < -0.3 is 14.9 Å². The maximum absolute atomic E-state index is 11.7. The average molecular weight is 498 g/mol. The molecule has 1 aliphatic rings. The van der Waals surface area contributed by atoms with E-state index in [1.807, 2.05) is 37.4 Å². The van der Waals surface area contributed by atoms with Gasteiger partial charge in [-0.25, -0.2) is 9.97 Å². The van der Waals surface area contributed by atoms with E-state index in [9.17, 15) is 14.7 Å². The molecule has 0 amide bonds. The zero-order valence-electron chi connectivity index (χ0n) is 20.4. The van der Waals surface area contributed by atoms with Crippen LogP contribution < -0.4 is 10.1 Å². The van der Waals surface area contributed by atoms with Crippen LogP contribution >= 0.6 is 11.3 Å². The summed E-state index contributed by atoms with van der Waals surface area (Å²) in [4.78, 5) is 32.4. The van der Waals surface area contributed by atoms with Crippen molar-refractivity contribution in [3.8, 4) is 16.5 Å². The number of aliphatic carboxylic acids is 2. The number of pyridine rings is 1. The standard InChI is InChI=1S/C26H31N3O5S/c1-13(2)20-12-35-25(29-20)18-10-21(16-9-8-14(3)15(4)24(16)28-18)34-22-11-19(26(32)33)27-17(22)6-5-7-23(30)31/h8-10,12-13,17,19,22,27H,5-7,11H2,1-4H3,(H,30,31)(H,32,33)/t17-,19+,22-/m1/s1. The van der Waals surface area contributed by atoms with Crippen LogP contribution in [0, 0.1) is 13.8 Å². The number of hydrogen-bond donors (Lipinski definition) is 3. The lowest BCUT2D eigenvalue weighted by molar-refractivity contribution is -0.139. The molecule has 1 aromatic carbocycles. The van der Waals surface area contributed by atoms with Crippen LogP contribution in [0.15, 0.2) is 23.6 Å². The minimum absolute atomic E-state index is 0.0334. The molecule has 3 aromatic rings. The van der Waals surface area contributed by atoms with Crippen LogP contribution in [0.25, 0.3) is 21.6 Å². The fourth-order valence-corrected chi connectivity index (χ4v) is 5.35. The largest absolute Gasteiger partial charge is 0.488 e. The van der Waals surface area contributed by atoms with Gasteiger partial charge in [0.15, 0.2) is 0 Å². The quantitative estimate of drug-likeness (QED) is 0.381. The molecule has 2 aromatic heterocycles. The number of nitrogens with zero attached hydrogens (tertiary/aromatic N) is 2. The lowest BCUT2D eigenvalue weighted by Gasteiger charge is -2.22. The molecule has 3 N–H and O–H groups in total. The van der Waals surface area contributed by atoms with Gasteiger partial charge in [-0.2, -0.15) is 0 Å². The van der Waals surface area contributed by atoms with Crippen molar-refractivity contribution in [2.75, 3.05) is 0 Å². The fraction of sp³-hybridized carbons (Fsp3) is 0.462. The summed E-state index contributed by atoms with van der Waals surface area (Å²) in [6.45, 7) is 8.28. The van der Waals surface area contributed by atoms with Crippen LogP contribution in [0.5, 0.6) is 5.75 Å². The molecule has 4 rings (SSSR count). The van der Waals surface area contributed by atoms with Crippen molar-refractivity contribution in [3.05, 3.63) is 40.4 Å². The topological polar surface area (TPSA) is 122 Å². The Morgan fingerprint density at radius 1 is 1.23 bits per heavy atom. The summed E-state index contributed by atoms with van der Waals surface area (Å²) >= 11 is 1.54. The second kappa shape index (κ2) is 10.3. The molecule has 8 nitrogen and oxygen atoms in total. The number of ether oxygens (including phenoxy) is 1. The summed E-state index contributed by atoms with van der Waals surface area (Å²) in [6.07, 6.45) is 0.875. The molecule has 35 heavy (non-hydrogen) atoms. The Balaban J connectivity index is 1.72. The highest BCUT2D eigenvalue weighted by Gasteiger charge is 2.39. The van der Waals surface area contributed by atoms with E-state index in [1.54, 1.807) is 11.3 Å². The third-order valence-corrected chi connectivity index (χ3v) is 7.50. The average Bonchev–Trinajstić information content (AvgIpc) is 3.44. The van der Waals surface area contributed by atoms with Gasteiger partial charge in [0.25, 0.3) is 0 Å². The van der Waals surface area contributed by atoms with Crippen LogP contribution in [0.3, 0.4) is 0 Å². The Labute approximate surface area is 208 Å². The van der Waals surface area contributed by atoms with Crippen molar-refractivity contribution < 1.29 is 24.5 Å². The molecule has 0 saturated carbocycles. The van der Waals surface area contributed by atoms with Crippen LogP contribution in [-0.2, 0) is 9.59 Å². The molecule has 3 heterocycles. The highest BCUT2D eigenvalue weighted by molar-refractivity contribution is 7.13. The number of thiazole rings is 1. The van der Waals surface area contributed by atoms with Crippen LogP contribution in [0.4, 0.5) is 0 Å². The van der Waals surface area contributed by atoms with Gasteiger partial charge in [0.2, 0.25) is 0 Å². The van der Waals surface area contributed by atoms with Gasteiger partial charge in [-0.15, -0.1) is 11.3 Å². The summed E-state index contributed by atoms with van der Waals surface area (Å²) in [7, 11) is 0. The number of carboxylic acids is 2. The van der Waals surface area contributed by atoms with E-state index in [1.165, 1.54) is 0 Å². The minimum Gasteiger partial charge on any atom is -0.488 e. The SMILES string of the molecule is Cc1ccc2c(O[C@@H]3C[C@@H](C(=O)O)N[C@@H]3CCCC(=O)O)cc(-c3nc(C(C)C)cs3)nc2c1C. The second-order valence-corrected chi connectivity index (χ2v) is 10.3. The van der Waals surface area contributed by atoms with Gasteiger partial charge in [0.1, 0.15) is 28.6 Å². The van der Waals surface area contributed by atoms with Crippen LogP contribution in [-0.4, -0.2) is 50.3 Å². The Morgan fingerprint density at radius 3 is 2.66 bits per heavy atom. The normalized spacial score (nSPS) is 20.0. The summed E-state index contributed by atoms with van der Waals surface area (Å²) in [5.74, 6) is -0.857. The fourth-order valence-electron chi connectivity index (χ4n) is 4.41. The Morgan fingerprint density at radius 2 is 2.00 bits per heavy atom. The van der Waals surface area contributed by atoms with Crippen LogP contribution in [0.1, 0.15) is 62.3 Å². The number of nitrogens with one attached hydrogen (secondary N) is 1. The third-order valence-electron chi connectivity index (χ3n) is 6.61. The number of aryl methyl sites for hydroxylation is 2. The Hall–Kier alpha value is -3.04. The van der Waals surface area contributed by atoms with Crippen molar-refractivity contribution in [1.82, 2.24) is 15.3 Å². The monoisotopic (exact) mass is 497 g/mol. The maximum Gasteiger partial charge on any atom is 0.320 e. The van der Waals surface area contributed by atoms with Gasteiger partial charge in [0, 0.05) is 35.7 Å². The molecule has 0 spiro atoms. The number of fused-ring (bicyclic) bond motifs is 1. The first-order chi connectivity index (χ1) is 16.6. The molecule has 3 atom stereocenters. The molecule has 9 heteroatoms. The van der Waals surface area contributed by atoms with E-state index >= 15 is 0 Å². The summed E-state index contributed by atoms with van der Waals surface area (Å²) in [6, 6.07) is 4.91. The first-order valence-electron chi connectivity index (χ1n) is 11.9. The number of carboxylic acid groups (broad SMARTS) is 2. The third kappa shape index (κ3) is 5.46. The number of benzene rings is 1. The van der Waals surface area contributed by atoms with E-state index in [-0.39, 0.29) is 12.5 Å². The minimum atomic E-state index is -0.935. The van der Waals surface area contributed by atoms with Crippen molar-refractivity contribution in [1.29, 1.82) is 0 Å². The molecule has 1 fully saturated rings. The summed E-state index contributed by atoms with van der Waals surface area (Å²) in [5.41, 5.74) is 4.75. The van der Waals surface area contributed by atoms with Gasteiger partial charge in [-0.1, -0.05) is 19.9 Å². The lowest BCUT2D eigenvalue weighted by atomic mass is 10.0. The highest BCUT2D eigenvalue weighted by Crippen LogP contribution is 2.36. The van der Waals surface area contributed by atoms with E-state index in [0.717, 1.165) is 38.4 Å². The van der Waals surface area contributed by atoms with E-state index in [0.29, 0.717) is 30.9 Å². The predicted molar refractivity (Wildman–Crippen MR) is 135 cm³/mol. The van der Waals surface area contributed by atoms with E-state index < -0.39 is 24.1 Å². The molecule has 0 unspecified atom stereocenters. The smallest absolute Gasteiger partial charge is 0.320 e.